The molecule has 5 heteroatoms. The van der Waals surface area contributed by atoms with Crippen LogP contribution in [-0.2, 0) is 18.3 Å². The molecule has 0 aliphatic heterocycles. The summed E-state index contributed by atoms with van der Waals surface area (Å²) in [6.45, 7) is 5.47. The maximum absolute atomic E-state index is 11.2. The topological polar surface area (TPSA) is 55.1 Å². The Hall–Kier alpha value is -1.36. The van der Waals surface area contributed by atoms with Crippen molar-refractivity contribution in [3.63, 3.8) is 0 Å². The lowest BCUT2D eigenvalue weighted by Gasteiger charge is -2.18. The first-order chi connectivity index (χ1) is 8.72. The lowest BCUT2D eigenvalue weighted by molar-refractivity contribution is -0.146. The molecule has 0 atom stereocenters. The molecule has 2 aromatic rings. The van der Waals surface area contributed by atoms with E-state index in [-0.39, 0.29) is 0 Å². The van der Waals surface area contributed by atoms with Crippen LogP contribution >= 0.6 is 15.9 Å². The molecule has 102 valence electrons. The van der Waals surface area contributed by atoms with Gasteiger partial charge >= 0.3 is 5.97 Å². The van der Waals surface area contributed by atoms with E-state index in [1.54, 1.807) is 13.8 Å². The molecule has 4 nitrogen and oxygen atoms in total. The minimum absolute atomic E-state index is 0.407. The zero-order valence-corrected chi connectivity index (χ0v) is 13.1. The summed E-state index contributed by atoms with van der Waals surface area (Å²) in [5, 5.41) is 9.22. The minimum Gasteiger partial charge on any atom is -0.481 e. The zero-order chi connectivity index (χ0) is 14.4. The molecule has 1 N–H and O–H groups in total. The number of aromatic nitrogens is 2. The van der Waals surface area contributed by atoms with Gasteiger partial charge in [-0.2, -0.15) is 0 Å². The Kier molecular flexibility index (Phi) is 3.43. The average Bonchev–Trinajstić information content (AvgIpc) is 2.54. The zero-order valence-electron chi connectivity index (χ0n) is 11.5. The molecule has 0 radical (unpaired) electrons. The summed E-state index contributed by atoms with van der Waals surface area (Å²) in [6, 6.07) is 4.00. The van der Waals surface area contributed by atoms with Crippen LogP contribution in [-0.4, -0.2) is 20.6 Å². The van der Waals surface area contributed by atoms with Crippen LogP contribution in [0.1, 0.15) is 25.2 Å². The Bertz CT molecular complexity index is 659. The number of aliphatic carboxylic acids is 1. The highest BCUT2D eigenvalue weighted by Crippen LogP contribution is 2.27. The lowest BCUT2D eigenvalue weighted by Crippen LogP contribution is -2.27. The van der Waals surface area contributed by atoms with Crippen LogP contribution in [0.2, 0.25) is 0 Å². The number of benzene rings is 1. The fourth-order valence-electron chi connectivity index (χ4n) is 2.21. The molecule has 0 bridgehead atoms. The summed E-state index contributed by atoms with van der Waals surface area (Å²) in [6.07, 6.45) is 0.407. The van der Waals surface area contributed by atoms with Gasteiger partial charge in [-0.25, -0.2) is 4.98 Å². The van der Waals surface area contributed by atoms with Crippen molar-refractivity contribution in [2.45, 2.75) is 27.2 Å². The third-order valence-corrected chi connectivity index (χ3v) is 3.85. The van der Waals surface area contributed by atoms with E-state index < -0.39 is 11.4 Å². The van der Waals surface area contributed by atoms with E-state index >= 15 is 0 Å². The summed E-state index contributed by atoms with van der Waals surface area (Å²) in [7, 11) is 1.93. The van der Waals surface area contributed by atoms with Crippen LogP contribution in [0.3, 0.4) is 0 Å². The van der Waals surface area contributed by atoms with Gasteiger partial charge in [0.05, 0.1) is 16.4 Å². The van der Waals surface area contributed by atoms with Crippen molar-refractivity contribution in [3.8, 4) is 0 Å². The smallest absolute Gasteiger partial charge is 0.309 e. The largest absolute Gasteiger partial charge is 0.481 e. The maximum Gasteiger partial charge on any atom is 0.309 e. The first-order valence-corrected chi connectivity index (χ1v) is 6.86. The number of nitrogens with zero attached hydrogens (tertiary/aromatic N) is 2. The Morgan fingerprint density at radius 1 is 1.47 bits per heavy atom. The van der Waals surface area contributed by atoms with Crippen LogP contribution in [0, 0.1) is 12.3 Å². The number of hydrogen-bond acceptors (Lipinski definition) is 2. The molecule has 19 heavy (non-hydrogen) atoms. The van der Waals surface area contributed by atoms with Crippen molar-refractivity contribution in [2.75, 3.05) is 0 Å². The highest BCUT2D eigenvalue weighted by Gasteiger charge is 2.29. The Morgan fingerprint density at radius 2 is 2.11 bits per heavy atom. The number of hydrogen-bond donors (Lipinski definition) is 1. The summed E-state index contributed by atoms with van der Waals surface area (Å²) in [5.41, 5.74) is 2.25. The quantitative estimate of drug-likeness (QED) is 0.942. The predicted octanol–water partition coefficient (Wildman–Crippen LogP) is 3.30. The molecule has 0 fully saturated rings. The van der Waals surface area contributed by atoms with Crippen LogP contribution < -0.4 is 0 Å². The van der Waals surface area contributed by atoms with Crippen molar-refractivity contribution >= 4 is 32.9 Å². The normalized spacial score (nSPS) is 12.1. The van der Waals surface area contributed by atoms with Crippen LogP contribution in [0.5, 0.6) is 0 Å². The molecule has 0 saturated heterocycles. The second kappa shape index (κ2) is 4.63. The monoisotopic (exact) mass is 324 g/mol. The van der Waals surface area contributed by atoms with Gasteiger partial charge in [0.2, 0.25) is 0 Å². The third kappa shape index (κ3) is 2.52. The highest BCUT2D eigenvalue weighted by molar-refractivity contribution is 9.10. The molecule has 0 unspecified atom stereocenters. The van der Waals surface area contributed by atoms with Crippen molar-refractivity contribution in [3.05, 3.63) is 28.0 Å². The number of carboxylic acid groups (broad SMARTS) is 1. The van der Waals surface area contributed by atoms with E-state index in [1.807, 2.05) is 30.7 Å². The molecule has 1 aromatic carbocycles. The Balaban J connectivity index is 2.55. The fourth-order valence-corrected chi connectivity index (χ4v) is 2.77. The number of carbonyl (C=O) groups is 1. The predicted molar refractivity (Wildman–Crippen MR) is 78.3 cm³/mol. The molecule has 0 saturated carbocycles. The molecule has 2 rings (SSSR count). The van der Waals surface area contributed by atoms with Crippen molar-refractivity contribution in [2.24, 2.45) is 12.5 Å². The maximum atomic E-state index is 11.2. The van der Waals surface area contributed by atoms with Gasteiger partial charge in [-0.15, -0.1) is 0 Å². The fraction of sp³-hybridized carbons (Fsp3) is 0.429. The second-order valence-corrected chi connectivity index (χ2v) is 6.46. The molecule has 0 aliphatic carbocycles. The summed E-state index contributed by atoms with van der Waals surface area (Å²) >= 11 is 3.46. The number of rotatable bonds is 3. The number of carboxylic acids is 1. The lowest BCUT2D eigenvalue weighted by atomic mass is 9.89. The molecule has 0 spiro atoms. The van der Waals surface area contributed by atoms with Gasteiger partial charge in [-0.3, -0.25) is 4.79 Å². The molecular formula is C14H17BrN2O2. The molecule has 1 heterocycles. The van der Waals surface area contributed by atoms with Gasteiger partial charge in [0, 0.05) is 17.9 Å². The van der Waals surface area contributed by atoms with Gasteiger partial charge in [0.15, 0.2) is 0 Å². The van der Waals surface area contributed by atoms with Gasteiger partial charge in [-0.05, 0) is 38.5 Å². The SMILES string of the molecule is Cc1cc(Br)cc2nc(CC(C)(C)C(=O)O)n(C)c12. The van der Waals surface area contributed by atoms with Crippen molar-refractivity contribution < 1.29 is 9.90 Å². The van der Waals surface area contributed by atoms with E-state index in [2.05, 4.69) is 20.9 Å². The molecule has 0 amide bonds. The molecule has 0 aliphatic rings. The molecule has 1 aromatic heterocycles. The second-order valence-electron chi connectivity index (χ2n) is 5.54. The van der Waals surface area contributed by atoms with Gasteiger partial charge in [0.25, 0.3) is 0 Å². The number of fused-ring (bicyclic) bond motifs is 1. The number of imidazole rings is 1. The first kappa shape index (κ1) is 14.1. The summed E-state index contributed by atoms with van der Waals surface area (Å²) in [4.78, 5) is 15.8. The van der Waals surface area contributed by atoms with E-state index in [4.69, 9.17) is 0 Å². The third-order valence-electron chi connectivity index (χ3n) is 3.40. The molecular weight excluding hydrogens is 308 g/mol. The first-order valence-electron chi connectivity index (χ1n) is 6.07. The van der Waals surface area contributed by atoms with Crippen LogP contribution in [0.25, 0.3) is 11.0 Å². The van der Waals surface area contributed by atoms with E-state index in [1.165, 1.54) is 0 Å². The van der Waals surface area contributed by atoms with Crippen LogP contribution in [0.4, 0.5) is 0 Å². The average molecular weight is 325 g/mol. The summed E-state index contributed by atoms with van der Waals surface area (Å²) in [5.74, 6) is -0.0129. The standard InChI is InChI=1S/C14H17BrN2O2/c1-8-5-9(15)6-10-12(8)17(4)11(16-10)7-14(2,3)13(18)19/h5-6H,7H2,1-4H3,(H,18,19). The van der Waals surface area contributed by atoms with E-state index in [9.17, 15) is 9.90 Å². The van der Waals surface area contributed by atoms with Crippen molar-refractivity contribution in [1.82, 2.24) is 9.55 Å². The van der Waals surface area contributed by atoms with Crippen LogP contribution in [0.15, 0.2) is 16.6 Å². The van der Waals surface area contributed by atoms with Gasteiger partial charge < -0.3 is 9.67 Å². The highest BCUT2D eigenvalue weighted by atomic mass is 79.9. The van der Waals surface area contributed by atoms with Gasteiger partial charge in [-0.1, -0.05) is 15.9 Å². The van der Waals surface area contributed by atoms with Crippen molar-refractivity contribution in [1.29, 1.82) is 0 Å². The number of halogens is 1. The van der Waals surface area contributed by atoms with E-state index in [0.29, 0.717) is 6.42 Å². The Morgan fingerprint density at radius 3 is 2.68 bits per heavy atom. The Labute approximate surface area is 120 Å². The number of aryl methyl sites for hydroxylation is 2. The summed E-state index contributed by atoms with van der Waals surface area (Å²) < 4.78 is 2.97. The van der Waals surface area contributed by atoms with Gasteiger partial charge in [0.1, 0.15) is 5.82 Å². The van der Waals surface area contributed by atoms with E-state index in [0.717, 1.165) is 26.9 Å². The minimum atomic E-state index is -0.819.